The van der Waals surface area contributed by atoms with Gasteiger partial charge in [-0.3, -0.25) is 4.79 Å². The van der Waals surface area contributed by atoms with Crippen molar-refractivity contribution in [3.8, 4) is 0 Å². The number of nitrogens with zero attached hydrogens (tertiary/aromatic N) is 3. The van der Waals surface area contributed by atoms with Crippen LogP contribution in [0.2, 0.25) is 0 Å². The van der Waals surface area contributed by atoms with Crippen LogP contribution in [-0.2, 0) is 5.60 Å². The van der Waals surface area contributed by atoms with Crippen LogP contribution in [0.15, 0.2) is 84.9 Å². The van der Waals surface area contributed by atoms with Crippen LogP contribution >= 0.6 is 0 Å². The molecule has 5 heteroatoms. The molecule has 0 saturated carbocycles. The van der Waals surface area contributed by atoms with Gasteiger partial charge in [0, 0.05) is 43.9 Å². The molecule has 0 amide bonds. The number of benzene rings is 3. The molecule has 38 heavy (non-hydrogen) atoms. The maximum Gasteiger partial charge on any atom is 0.162 e. The molecule has 0 unspecified atom stereocenters. The number of anilines is 1. The maximum atomic E-state index is 12.8. The molecule has 0 spiro atoms. The molecule has 200 valence electrons. The number of hydrogen-bond acceptors (Lipinski definition) is 5. The largest absolute Gasteiger partial charge is 0.380 e. The minimum absolute atomic E-state index is 0.156. The van der Waals surface area contributed by atoms with Gasteiger partial charge < -0.3 is 19.8 Å². The summed E-state index contributed by atoms with van der Waals surface area (Å²) in [6.07, 6.45) is 3.31. The van der Waals surface area contributed by atoms with Gasteiger partial charge in [0.05, 0.1) is 0 Å². The van der Waals surface area contributed by atoms with Gasteiger partial charge in [-0.05, 0) is 87.3 Å². The number of Topliss-reactive ketones (excluding diaryl/α,β-unsaturated/α-hetero) is 1. The van der Waals surface area contributed by atoms with Gasteiger partial charge in [0.15, 0.2) is 5.78 Å². The standard InChI is InChI=1S/C33H41N3O2/c1-34-23-25-36(26-24-34)31-16-14-27(15-17-31)32(37)13-8-20-35-21-18-30(19-22-35)33(38,28-9-4-2-5-10-28)29-11-6-3-7-12-29/h2-7,9-12,14-17,30,38H,8,13,18-26H2,1H3. The molecular formula is C33H41N3O2. The summed E-state index contributed by atoms with van der Waals surface area (Å²) in [6, 6.07) is 28.4. The van der Waals surface area contributed by atoms with Gasteiger partial charge >= 0.3 is 0 Å². The van der Waals surface area contributed by atoms with Crippen LogP contribution in [0.3, 0.4) is 0 Å². The lowest BCUT2D eigenvalue weighted by atomic mass is 9.72. The van der Waals surface area contributed by atoms with E-state index in [4.69, 9.17) is 0 Å². The molecule has 5 nitrogen and oxygen atoms in total. The van der Waals surface area contributed by atoms with Crippen LogP contribution in [0.5, 0.6) is 0 Å². The lowest BCUT2D eigenvalue weighted by Crippen LogP contribution is -2.44. The Morgan fingerprint density at radius 2 is 1.34 bits per heavy atom. The van der Waals surface area contributed by atoms with E-state index in [9.17, 15) is 9.90 Å². The number of carbonyl (C=O) groups is 1. The number of carbonyl (C=O) groups excluding carboxylic acids is 1. The van der Waals surface area contributed by atoms with E-state index in [1.54, 1.807) is 0 Å². The molecule has 2 aliphatic heterocycles. The maximum absolute atomic E-state index is 12.8. The molecule has 0 bridgehead atoms. The molecule has 0 atom stereocenters. The van der Waals surface area contributed by atoms with Crippen molar-refractivity contribution < 1.29 is 9.90 Å². The zero-order valence-corrected chi connectivity index (χ0v) is 22.6. The van der Waals surface area contributed by atoms with Crippen molar-refractivity contribution >= 4 is 11.5 Å². The zero-order valence-electron chi connectivity index (χ0n) is 22.6. The van der Waals surface area contributed by atoms with E-state index < -0.39 is 5.60 Å². The van der Waals surface area contributed by atoms with E-state index >= 15 is 0 Å². The van der Waals surface area contributed by atoms with Crippen molar-refractivity contribution in [2.75, 3.05) is 57.8 Å². The number of likely N-dealkylation sites (N-methyl/N-ethyl adjacent to an activating group) is 1. The van der Waals surface area contributed by atoms with E-state index in [1.807, 2.05) is 72.8 Å². The van der Waals surface area contributed by atoms with Crippen LogP contribution in [-0.4, -0.2) is 73.6 Å². The fourth-order valence-electron chi connectivity index (χ4n) is 6.13. The first-order valence-corrected chi connectivity index (χ1v) is 14.2. The predicted octanol–water partition coefficient (Wildman–Crippen LogP) is 5.05. The third-order valence-electron chi connectivity index (χ3n) is 8.54. The molecule has 1 N–H and O–H groups in total. The summed E-state index contributed by atoms with van der Waals surface area (Å²) < 4.78 is 0. The first-order chi connectivity index (χ1) is 18.5. The molecule has 5 rings (SSSR count). The minimum atomic E-state index is -0.985. The fourth-order valence-corrected chi connectivity index (χ4v) is 6.13. The Bertz CT molecular complexity index is 1110. The predicted molar refractivity (Wildman–Crippen MR) is 155 cm³/mol. The van der Waals surface area contributed by atoms with Gasteiger partial charge in [0.1, 0.15) is 5.60 Å². The van der Waals surface area contributed by atoms with Crippen LogP contribution in [0.1, 0.15) is 47.2 Å². The Hall–Kier alpha value is -2.99. The first-order valence-electron chi connectivity index (χ1n) is 14.2. The fraction of sp³-hybridized carbons (Fsp3) is 0.424. The normalized spacial score (nSPS) is 18.0. The van der Waals surface area contributed by atoms with Gasteiger partial charge in [0.2, 0.25) is 0 Å². The summed E-state index contributed by atoms with van der Waals surface area (Å²) in [6.45, 7) is 7.04. The minimum Gasteiger partial charge on any atom is -0.380 e. The molecule has 0 aromatic heterocycles. The molecule has 3 aromatic carbocycles. The van der Waals surface area contributed by atoms with Gasteiger partial charge in [-0.1, -0.05) is 60.7 Å². The summed E-state index contributed by atoms with van der Waals surface area (Å²) in [4.78, 5) is 20.0. The number of likely N-dealkylation sites (tertiary alicyclic amines) is 1. The van der Waals surface area contributed by atoms with Gasteiger partial charge in [-0.2, -0.15) is 0 Å². The molecule has 2 aliphatic rings. The lowest BCUT2D eigenvalue weighted by molar-refractivity contribution is -0.0142. The van der Waals surface area contributed by atoms with Crippen molar-refractivity contribution in [2.45, 2.75) is 31.3 Å². The SMILES string of the molecule is CN1CCN(c2ccc(C(=O)CCCN3CCC(C(O)(c4ccccc4)c4ccccc4)CC3)cc2)CC1. The van der Waals surface area contributed by atoms with Gasteiger partial charge in [0.25, 0.3) is 0 Å². The second-order valence-electron chi connectivity index (χ2n) is 11.0. The number of aliphatic hydroxyl groups is 1. The average Bonchev–Trinajstić information content (AvgIpc) is 2.98. The van der Waals surface area contributed by atoms with Crippen molar-refractivity contribution in [2.24, 2.45) is 5.92 Å². The number of piperazine rings is 1. The molecule has 0 radical (unpaired) electrons. The van der Waals surface area contributed by atoms with Crippen molar-refractivity contribution in [3.05, 3.63) is 102 Å². The summed E-state index contributed by atoms with van der Waals surface area (Å²) in [7, 11) is 2.16. The van der Waals surface area contributed by atoms with Crippen molar-refractivity contribution in [1.29, 1.82) is 0 Å². The third kappa shape index (κ3) is 6.01. The average molecular weight is 512 g/mol. The summed E-state index contributed by atoms with van der Waals surface area (Å²) >= 11 is 0. The van der Waals surface area contributed by atoms with E-state index in [1.165, 1.54) is 5.69 Å². The van der Waals surface area contributed by atoms with Crippen molar-refractivity contribution in [3.63, 3.8) is 0 Å². The number of ketones is 1. The highest BCUT2D eigenvalue weighted by atomic mass is 16.3. The second kappa shape index (κ2) is 12.2. The van der Waals surface area contributed by atoms with E-state index in [-0.39, 0.29) is 11.7 Å². The smallest absolute Gasteiger partial charge is 0.162 e. The second-order valence-corrected chi connectivity index (χ2v) is 11.0. The summed E-state index contributed by atoms with van der Waals surface area (Å²) in [5, 5.41) is 12.1. The van der Waals surface area contributed by atoms with Gasteiger partial charge in [-0.25, -0.2) is 0 Å². The first kappa shape index (κ1) is 26.6. The highest BCUT2D eigenvalue weighted by molar-refractivity contribution is 5.96. The molecular weight excluding hydrogens is 470 g/mol. The Kier molecular flexibility index (Phi) is 8.58. The lowest BCUT2D eigenvalue weighted by Gasteiger charge is -2.42. The Labute approximate surface area is 227 Å². The molecule has 2 fully saturated rings. The van der Waals surface area contributed by atoms with E-state index in [0.29, 0.717) is 6.42 Å². The summed E-state index contributed by atoms with van der Waals surface area (Å²) in [5.74, 6) is 0.386. The van der Waals surface area contributed by atoms with Crippen LogP contribution < -0.4 is 4.90 Å². The number of rotatable bonds is 9. The van der Waals surface area contributed by atoms with Crippen LogP contribution in [0, 0.1) is 5.92 Å². The van der Waals surface area contributed by atoms with Crippen molar-refractivity contribution in [1.82, 2.24) is 9.80 Å². The van der Waals surface area contributed by atoms with E-state index in [2.05, 4.69) is 33.9 Å². The quantitative estimate of drug-likeness (QED) is 0.408. The molecule has 0 aliphatic carbocycles. The van der Waals surface area contributed by atoms with Crippen LogP contribution in [0.4, 0.5) is 5.69 Å². The number of hydrogen-bond donors (Lipinski definition) is 1. The zero-order chi connectivity index (χ0) is 26.4. The molecule has 3 aromatic rings. The Morgan fingerprint density at radius 1 is 0.789 bits per heavy atom. The monoisotopic (exact) mass is 511 g/mol. The highest BCUT2D eigenvalue weighted by Gasteiger charge is 2.41. The Balaban J connectivity index is 1.12. The summed E-state index contributed by atoms with van der Waals surface area (Å²) in [5.41, 5.74) is 2.98. The highest BCUT2D eigenvalue weighted by Crippen LogP contribution is 2.41. The third-order valence-corrected chi connectivity index (χ3v) is 8.54. The Morgan fingerprint density at radius 3 is 1.89 bits per heavy atom. The van der Waals surface area contributed by atoms with Crippen LogP contribution in [0.25, 0.3) is 0 Å². The molecule has 2 saturated heterocycles. The topological polar surface area (TPSA) is 47.0 Å². The van der Waals surface area contributed by atoms with E-state index in [0.717, 1.165) is 81.8 Å². The number of piperidine rings is 1. The molecule has 2 heterocycles. The van der Waals surface area contributed by atoms with Gasteiger partial charge in [-0.15, -0.1) is 0 Å².